The molecule has 2 nitrogen and oxygen atoms in total. The maximum Gasteiger partial charge on any atom is 0.250 e. The van der Waals surface area contributed by atoms with Gasteiger partial charge in [0.25, 0.3) is 6.43 Å². The highest BCUT2D eigenvalue weighted by Crippen LogP contribution is 2.15. The Morgan fingerprint density at radius 3 is 2.88 bits per heavy atom. The number of nitrogens with one attached hydrogen (secondary N) is 1. The summed E-state index contributed by atoms with van der Waals surface area (Å²) < 4.78 is 24.0. The van der Waals surface area contributed by atoms with Crippen molar-refractivity contribution < 1.29 is 8.78 Å². The zero-order valence-corrected chi connectivity index (χ0v) is 8.66. The number of alkyl halides is 2. The Morgan fingerprint density at radius 2 is 2.06 bits per heavy atom. The van der Waals surface area contributed by atoms with E-state index in [1.54, 1.807) is 6.20 Å². The predicted octanol–water partition coefficient (Wildman–Crippen LogP) is 2.59. The van der Waals surface area contributed by atoms with Crippen LogP contribution in [0.3, 0.4) is 0 Å². The third-order valence-corrected chi connectivity index (χ3v) is 2.35. The van der Waals surface area contributed by atoms with Crippen molar-refractivity contribution in [3.63, 3.8) is 0 Å². The standard InChI is InChI=1S/C12H12F2N2/c13-12(14)8-15-7-9-3-1-5-11-10(9)4-2-6-16-11/h1-6,12,15H,7-8H2. The van der Waals surface area contributed by atoms with Crippen LogP contribution in [0.2, 0.25) is 0 Å². The molecule has 1 aromatic carbocycles. The SMILES string of the molecule is FC(F)CNCc1cccc2ncccc12. The van der Waals surface area contributed by atoms with Gasteiger partial charge in [-0.05, 0) is 17.7 Å². The number of hydrogen-bond donors (Lipinski definition) is 1. The largest absolute Gasteiger partial charge is 0.307 e. The molecule has 0 aliphatic carbocycles. The van der Waals surface area contributed by atoms with Gasteiger partial charge in [0.1, 0.15) is 0 Å². The van der Waals surface area contributed by atoms with Crippen molar-refractivity contribution >= 4 is 10.9 Å². The van der Waals surface area contributed by atoms with Crippen LogP contribution in [0, 0.1) is 0 Å². The maximum atomic E-state index is 12.0. The molecule has 0 radical (unpaired) electrons. The van der Waals surface area contributed by atoms with Gasteiger partial charge in [-0.3, -0.25) is 4.98 Å². The summed E-state index contributed by atoms with van der Waals surface area (Å²) in [4.78, 5) is 4.21. The van der Waals surface area contributed by atoms with Gasteiger partial charge in [-0.25, -0.2) is 8.78 Å². The minimum Gasteiger partial charge on any atom is -0.307 e. The summed E-state index contributed by atoms with van der Waals surface area (Å²) in [6.45, 7) is 0.157. The van der Waals surface area contributed by atoms with Crippen molar-refractivity contribution in [1.29, 1.82) is 0 Å². The Hall–Kier alpha value is -1.55. The smallest absolute Gasteiger partial charge is 0.250 e. The van der Waals surface area contributed by atoms with Crippen LogP contribution >= 0.6 is 0 Å². The van der Waals surface area contributed by atoms with E-state index < -0.39 is 6.43 Å². The molecule has 1 N–H and O–H groups in total. The molecule has 0 saturated carbocycles. The van der Waals surface area contributed by atoms with Gasteiger partial charge in [0.15, 0.2) is 0 Å². The highest BCUT2D eigenvalue weighted by atomic mass is 19.3. The molecule has 4 heteroatoms. The van der Waals surface area contributed by atoms with Gasteiger partial charge in [-0.15, -0.1) is 0 Å². The fourth-order valence-electron chi connectivity index (χ4n) is 1.64. The van der Waals surface area contributed by atoms with E-state index in [-0.39, 0.29) is 6.54 Å². The third-order valence-electron chi connectivity index (χ3n) is 2.35. The van der Waals surface area contributed by atoms with Gasteiger partial charge in [-0.1, -0.05) is 18.2 Å². The van der Waals surface area contributed by atoms with Gasteiger partial charge >= 0.3 is 0 Å². The summed E-state index contributed by atoms with van der Waals surface area (Å²) in [5.41, 5.74) is 1.88. The predicted molar refractivity (Wildman–Crippen MR) is 59.5 cm³/mol. The zero-order chi connectivity index (χ0) is 11.4. The molecule has 0 aliphatic heterocycles. The first-order chi connectivity index (χ1) is 7.77. The first-order valence-corrected chi connectivity index (χ1v) is 5.09. The molecule has 16 heavy (non-hydrogen) atoms. The number of hydrogen-bond acceptors (Lipinski definition) is 2. The van der Waals surface area contributed by atoms with E-state index in [9.17, 15) is 8.78 Å². The Labute approximate surface area is 92.3 Å². The topological polar surface area (TPSA) is 24.9 Å². The van der Waals surface area contributed by atoms with Crippen molar-refractivity contribution in [2.45, 2.75) is 13.0 Å². The van der Waals surface area contributed by atoms with Crippen molar-refractivity contribution in [1.82, 2.24) is 10.3 Å². The highest BCUT2D eigenvalue weighted by molar-refractivity contribution is 5.81. The zero-order valence-electron chi connectivity index (χ0n) is 8.66. The molecule has 2 rings (SSSR count). The second kappa shape index (κ2) is 4.99. The molecule has 0 fully saturated rings. The first-order valence-electron chi connectivity index (χ1n) is 5.09. The summed E-state index contributed by atoms with van der Waals surface area (Å²) in [6.07, 6.45) is -0.591. The Balaban J connectivity index is 2.17. The van der Waals surface area contributed by atoms with Crippen LogP contribution < -0.4 is 5.32 Å². The van der Waals surface area contributed by atoms with Crippen LogP contribution in [0.15, 0.2) is 36.5 Å². The molecule has 1 heterocycles. The normalized spacial score (nSPS) is 11.2. The van der Waals surface area contributed by atoms with Gasteiger partial charge in [0, 0.05) is 18.1 Å². The number of rotatable bonds is 4. The maximum absolute atomic E-state index is 12.0. The lowest BCUT2D eigenvalue weighted by Crippen LogP contribution is -2.20. The van der Waals surface area contributed by atoms with Crippen LogP contribution in [-0.2, 0) is 6.54 Å². The molecular formula is C12H12F2N2. The summed E-state index contributed by atoms with van der Waals surface area (Å²) in [6, 6.07) is 9.50. The van der Waals surface area contributed by atoms with E-state index in [4.69, 9.17) is 0 Å². The van der Waals surface area contributed by atoms with Gasteiger partial charge in [-0.2, -0.15) is 0 Å². The molecule has 2 aromatic rings. The monoisotopic (exact) mass is 222 g/mol. The lowest BCUT2D eigenvalue weighted by atomic mass is 10.1. The molecule has 0 amide bonds. The number of benzene rings is 1. The van der Waals surface area contributed by atoms with Crippen LogP contribution in [0.5, 0.6) is 0 Å². The van der Waals surface area contributed by atoms with E-state index in [0.717, 1.165) is 16.5 Å². The fraction of sp³-hybridized carbons (Fsp3) is 0.250. The van der Waals surface area contributed by atoms with Crippen molar-refractivity contribution in [2.24, 2.45) is 0 Å². The Bertz CT molecular complexity index is 466. The minimum absolute atomic E-state index is 0.281. The van der Waals surface area contributed by atoms with E-state index >= 15 is 0 Å². The molecule has 84 valence electrons. The molecule has 0 aliphatic rings. The van der Waals surface area contributed by atoms with Crippen LogP contribution in [-0.4, -0.2) is 18.0 Å². The van der Waals surface area contributed by atoms with E-state index in [0.29, 0.717) is 6.54 Å². The second-order valence-electron chi connectivity index (χ2n) is 3.51. The fourth-order valence-corrected chi connectivity index (χ4v) is 1.64. The molecule has 0 spiro atoms. The Morgan fingerprint density at radius 1 is 1.19 bits per heavy atom. The van der Waals surface area contributed by atoms with E-state index in [1.165, 1.54) is 0 Å². The summed E-state index contributed by atoms with van der Waals surface area (Å²) >= 11 is 0. The number of aromatic nitrogens is 1. The van der Waals surface area contributed by atoms with Gasteiger partial charge in [0.05, 0.1) is 12.1 Å². The molecule has 0 atom stereocenters. The van der Waals surface area contributed by atoms with Gasteiger partial charge in [0.2, 0.25) is 0 Å². The average Bonchev–Trinajstić information content (AvgIpc) is 2.29. The minimum atomic E-state index is -2.31. The number of nitrogens with zero attached hydrogens (tertiary/aromatic N) is 1. The third kappa shape index (κ3) is 2.52. The van der Waals surface area contributed by atoms with Gasteiger partial charge < -0.3 is 5.32 Å². The van der Waals surface area contributed by atoms with Crippen molar-refractivity contribution in [3.8, 4) is 0 Å². The molecule has 0 bridgehead atoms. The lowest BCUT2D eigenvalue weighted by molar-refractivity contribution is 0.145. The number of pyridine rings is 1. The number of halogens is 2. The highest BCUT2D eigenvalue weighted by Gasteiger charge is 2.03. The van der Waals surface area contributed by atoms with Crippen molar-refractivity contribution in [2.75, 3.05) is 6.54 Å². The summed E-state index contributed by atoms with van der Waals surface area (Å²) in [5.74, 6) is 0. The molecule has 0 saturated heterocycles. The van der Waals surface area contributed by atoms with Crippen LogP contribution in [0.4, 0.5) is 8.78 Å². The Kier molecular flexibility index (Phi) is 3.41. The second-order valence-corrected chi connectivity index (χ2v) is 3.51. The van der Waals surface area contributed by atoms with Crippen LogP contribution in [0.25, 0.3) is 10.9 Å². The lowest BCUT2D eigenvalue weighted by Gasteiger charge is -2.07. The van der Waals surface area contributed by atoms with E-state index in [2.05, 4.69) is 10.3 Å². The van der Waals surface area contributed by atoms with Crippen molar-refractivity contribution in [3.05, 3.63) is 42.1 Å². The van der Waals surface area contributed by atoms with E-state index in [1.807, 2.05) is 30.3 Å². The summed E-state index contributed by atoms with van der Waals surface area (Å²) in [5, 5.41) is 3.72. The average molecular weight is 222 g/mol. The molecule has 0 unspecified atom stereocenters. The first kappa shape index (κ1) is 11.0. The number of fused-ring (bicyclic) bond motifs is 1. The molecule has 1 aromatic heterocycles. The quantitative estimate of drug-likeness (QED) is 0.860. The summed E-state index contributed by atoms with van der Waals surface area (Å²) in [7, 11) is 0. The molecular weight excluding hydrogens is 210 g/mol. The van der Waals surface area contributed by atoms with Crippen LogP contribution in [0.1, 0.15) is 5.56 Å².